The Kier molecular flexibility index (Phi) is 5.91. The van der Waals surface area contributed by atoms with Crippen molar-refractivity contribution in [1.29, 1.82) is 0 Å². The van der Waals surface area contributed by atoms with Crippen molar-refractivity contribution in [3.63, 3.8) is 0 Å². The lowest BCUT2D eigenvalue weighted by molar-refractivity contribution is 0.211. The van der Waals surface area contributed by atoms with Crippen LogP contribution in [-0.4, -0.2) is 21.9 Å². The second kappa shape index (κ2) is 6.70. The molecule has 0 amide bonds. The van der Waals surface area contributed by atoms with Gasteiger partial charge >= 0.3 is 0 Å². The Morgan fingerprint density at radius 2 is 1.76 bits per heavy atom. The van der Waals surface area contributed by atoms with E-state index in [9.17, 15) is 0 Å². The molecule has 0 bridgehead atoms. The molecule has 0 spiro atoms. The second-order valence-electron chi connectivity index (χ2n) is 8.08. The topological polar surface area (TPSA) is 29.9 Å². The van der Waals surface area contributed by atoms with Crippen LogP contribution in [0.25, 0.3) is 0 Å². The lowest BCUT2D eigenvalue weighted by Gasteiger charge is -2.34. The molecule has 1 unspecified atom stereocenters. The zero-order valence-electron chi connectivity index (χ0n) is 15.0. The molecule has 0 aromatic carbocycles. The van der Waals surface area contributed by atoms with Gasteiger partial charge in [-0.3, -0.25) is 4.68 Å². The van der Waals surface area contributed by atoms with Gasteiger partial charge in [0, 0.05) is 12.6 Å². The van der Waals surface area contributed by atoms with Crippen molar-refractivity contribution in [2.24, 2.45) is 18.4 Å². The summed E-state index contributed by atoms with van der Waals surface area (Å²) >= 11 is 6.51. The Labute approximate surface area is 135 Å². The summed E-state index contributed by atoms with van der Waals surface area (Å²) in [5, 5.41) is 9.02. The third-order valence-electron chi connectivity index (χ3n) is 4.05. The number of rotatable bonds is 5. The Balaban J connectivity index is 2.95. The van der Waals surface area contributed by atoms with E-state index in [0.29, 0.717) is 5.92 Å². The Hall–Kier alpha value is -0.540. The van der Waals surface area contributed by atoms with E-state index in [0.717, 1.165) is 35.8 Å². The molecule has 4 heteroatoms. The summed E-state index contributed by atoms with van der Waals surface area (Å²) < 4.78 is 1.96. The summed E-state index contributed by atoms with van der Waals surface area (Å²) in [6.07, 6.45) is 1.84. The van der Waals surface area contributed by atoms with E-state index in [2.05, 4.69) is 58.9 Å². The first-order chi connectivity index (χ1) is 9.45. The summed E-state index contributed by atoms with van der Waals surface area (Å²) in [4.78, 5) is 0. The maximum Gasteiger partial charge on any atom is 0.0849 e. The summed E-state index contributed by atoms with van der Waals surface area (Å²) in [6, 6.07) is 0. The molecule has 0 radical (unpaired) electrons. The van der Waals surface area contributed by atoms with Crippen LogP contribution in [-0.2, 0) is 19.9 Å². The molecule has 0 aliphatic rings. The molecule has 1 N–H and O–H groups in total. The fourth-order valence-corrected chi connectivity index (χ4v) is 2.76. The smallest absolute Gasteiger partial charge is 0.0849 e. The van der Waals surface area contributed by atoms with Gasteiger partial charge in [0.25, 0.3) is 0 Å². The van der Waals surface area contributed by atoms with Crippen LogP contribution in [0.2, 0.25) is 5.02 Å². The number of nitrogens with zero attached hydrogens (tertiary/aromatic N) is 2. The Bertz CT molecular complexity index is 464. The third kappa shape index (κ3) is 5.30. The molecule has 3 nitrogen and oxygen atoms in total. The van der Waals surface area contributed by atoms with Crippen LogP contribution in [0.5, 0.6) is 0 Å². The predicted octanol–water partition coefficient (Wildman–Crippen LogP) is 4.23. The Morgan fingerprint density at radius 1 is 1.19 bits per heavy atom. The molecule has 1 atom stereocenters. The normalized spacial score (nSPS) is 14.5. The highest BCUT2D eigenvalue weighted by Gasteiger charge is 2.28. The highest BCUT2D eigenvalue weighted by atomic mass is 35.5. The van der Waals surface area contributed by atoms with Crippen molar-refractivity contribution in [3.05, 3.63) is 16.4 Å². The summed E-state index contributed by atoms with van der Waals surface area (Å²) in [7, 11) is 2.00. The first-order valence-corrected chi connectivity index (χ1v) is 8.28. The SMILES string of the molecule is CCc1nn(C)c(CC(CNC(C)(C)C)C(C)(C)C)c1Cl. The van der Waals surface area contributed by atoms with E-state index in [1.807, 2.05) is 11.7 Å². The minimum absolute atomic E-state index is 0.133. The number of hydrogen-bond acceptors (Lipinski definition) is 2. The summed E-state index contributed by atoms with van der Waals surface area (Å²) in [5.41, 5.74) is 2.52. The van der Waals surface area contributed by atoms with Gasteiger partial charge in [-0.15, -0.1) is 0 Å². The highest BCUT2D eigenvalue weighted by Crippen LogP contribution is 2.32. The molecular weight excluding hydrogens is 282 g/mol. The van der Waals surface area contributed by atoms with Gasteiger partial charge in [-0.25, -0.2) is 0 Å². The lowest BCUT2D eigenvalue weighted by atomic mass is 9.77. The van der Waals surface area contributed by atoms with Gasteiger partial charge in [-0.1, -0.05) is 39.3 Å². The zero-order valence-corrected chi connectivity index (χ0v) is 15.7. The van der Waals surface area contributed by atoms with Gasteiger partial charge in [-0.05, 0) is 51.5 Å². The van der Waals surface area contributed by atoms with Gasteiger partial charge in [0.05, 0.1) is 16.4 Å². The number of aryl methyl sites for hydroxylation is 2. The van der Waals surface area contributed by atoms with E-state index >= 15 is 0 Å². The molecule has 1 aromatic heterocycles. The molecule has 0 saturated carbocycles. The monoisotopic (exact) mass is 313 g/mol. The first kappa shape index (κ1) is 18.5. The van der Waals surface area contributed by atoms with Gasteiger partial charge in [0.1, 0.15) is 0 Å². The minimum Gasteiger partial charge on any atom is -0.312 e. The molecule has 1 rings (SSSR count). The molecule has 1 heterocycles. The molecule has 21 heavy (non-hydrogen) atoms. The number of aromatic nitrogens is 2. The van der Waals surface area contributed by atoms with Crippen LogP contribution in [0.15, 0.2) is 0 Å². The van der Waals surface area contributed by atoms with Crippen molar-refractivity contribution in [2.75, 3.05) is 6.54 Å². The van der Waals surface area contributed by atoms with E-state index in [-0.39, 0.29) is 11.0 Å². The second-order valence-corrected chi connectivity index (χ2v) is 8.46. The van der Waals surface area contributed by atoms with E-state index in [1.54, 1.807) is 0 Å². The molecule has 122 valence electrons. The molecule has 0 saturated heterocycles. The van der Waals surface area contributed by atoms with Crippen molar-refractivity contribution in [1.82, 2.24) is 15.1 Å². The van der Waals surface area contributed by atoms with Crippen molar-refractivity contribution in [3.8, 4) is 0 Å². The number of nitrogens with one attached hydrogen (secondary N) is 1. The van der Waals surface area contributed by atoms with Gasteiger partial charge in [0.2, 0.25) is 0 Å². The fourth-order valence-electron chi connectivity index (χ4n) is 2.39. The van der Waals surface area contributed by atoms with E-state index in [1.165, 1.54) is 0 Å². The van der Waals surface area contributed by atoms with Crippen LogP contribution in [0.4, 0.5) is 0 Å². The molecule has 0 aliphatic carbocycles. The molecule has 1 aromatic rings. The maximum absolute atomic E-state index is 6.51. The number of halogens is 1. The first-order valence-electron chi connectivity index (χ1n) is 7.91. The third-order valence-corrected chi connectivity index (χ3v) is 4.48. The quantitative estimate of drug-likeness (QED) is 0.881. The lowest BCUT2D eigenvalue weighted by Crippen LogP contribution is -2.43. The highest BCUT2D eigenvalue weighted by molar-refractivity contribution is 6.31. The van der Waals surface area contributed by atoms with Crippen LogP contribution >= 0.6 is 11.6 Å². The van der Waals surface area contributed by atoms with Crippen molar-refractivity contribution < 1.29 is 0 Å². The van der Waals surface area contributed by atoms with Crippen LogP contribution in [0, 0.1) is 11.3 Å². The zero-order chi connectivity index (χ0) is 16.4. The molecular formula is C17H32ClN3. The molecule has 0 fully saturated rings. The Morgan fingerprint density at radius 3 is 2.14 bits per heavy atom. The minimum atomic E-state index is 0.133. The number of hydrogen-bond donors (Lipinski definition) is 1. The average Bonchev–Trinajstić information content (AvgIpc) is 2.57. The standard InChI is InChI=1S/C17H32ClN3/c1-9-13-15(18)14(21(8)20-13)10-12(16(2,3)4)11-19-17(5,6)7/h12,19H,9-11H2,1-8H3. The average molecular weight is 314 g/mol. The van der Waals surface area contributed by atoms with Gasteiger partial charge < -0.3 is 5.32 Å². The predicted molar refractivity (Wildman–Crippen MR) is 92.0 cm³/mol. The van der Waals surface area contributed by atoms with E-state index < -0.39 is 0 Å². The molecule has 0 aliphatic heterocycles. The summed E-state index contributed by atoms with van der Waals surface area (Å²) in [5.74, 6) is 0.509. The van der Waals surface area contributed by atoms with Crippen molar-refractivity contribution in [2.45, 2.75) is 66.8 Å². The summed E-state index contributed by atoms with van der Waals surface area (Å²) in [6.45, 7) is 16.6. The van der Waals surface area contributed by atoms with Crippen molar-refractivity contribution >= 4 is 11.6 Å². The van der Waals surface area contributed by atoms with Gasteiger partial charge in [0.15, 0.2) is 0 Å². The fraction of sp³-hybridized carbons (Fsp3) is 0.824. The van der Waals surface area contributed by atoms with E-state index in [4.69, 9.17) is 11.6 Å². The largest absolute Gasteiger partial charge is 0.312 e. The maximum atomic E-state index is 6.51. The van der Waals surface area contributed by atoms with Crippen LogP contribution in [0.1, 0.15) is 59.9 Å². The van der Waals surface area contributed by atoms with Crippen LogP contribution < -0.4 is 5.32 Å². The van der Waals surface area contributed by atoms with Crippen LogP contribution in [0.3, 0.4) is 0 Å². The van der Waals surface area contributed by atoms with Gasteiger partial charge in [-0.2, -0.15) is 5.10 Å².